The summed E-state index contributed by atoms with van der Waals surface area (Å²) in [6.07, 6.45) is 0. The molecule has 1 aromatic carbocycles. The number of aryl methyl sites for hydroxylation is 2. The Morgan fingerprint density at radius 1 is 1.41 bits per heavy atom. The van der Waals surface area contributed by atoms with Crippen molar-refractivity contribution in [2.75, 3.05) is 0 Å². The van der Waals surface area contributed by atoms with E-state index in [1.54, 1.807) is 0 Å². The molecule has 0 atom stereocenters. The fourth-order valence-corrected chi connectivity index (χ4v) is 2.09. The number of aromatic nitrogens is 1. The number of benzene rings is 1. The summed E-state index contributed by atoms with van der Waals surface area (Å²) < 4.78 is 5.47. The Balaban J connectivity index is 2.61. The number of carbonyl (C=O) groups is 1. The molecule has 1 N–H and O–H groups in total. The molecule has 17 heavy (non-hydrogen) atoms. The van der Waals surface area contributed by atoms with Gasteiger partial charge in [0.1, 0.15) is 4.47 Å². The van der Waals surface area contributed by atoms with E-state index in [9.17, 15) is 4.79 Å². The van der Waals surface area contributed by atoms with Crippen LogP contribution in [-0.4, -0.2) is 16.2 Å². The maximum atomic E-state index is 10.9. The normalized spacial score (nSPS) is 10.5. The van der Waals surface area contributed by atoms with Gasteiger partial charge in [0, 0.05) is 5.56 Å². The van der Waals surface area contributed by atoms with Crippen LogP contribution in [0.1, 0.15) is 21.6 Å². The minimum Gasteiger partial charge on any atom is -0.476 e. The third kappa shape index (κ3) is 2.10. The van der Waals surface area contributed by atoms with Crippen molar-refractivity contribution >= 4 is 21.9 Å². The predicted octanol–water partition coefficient (Wildman–Crippen LogP) is 3.42. The predicted molar refractivity (Wildman–Crippen MR) is 66.1 cm³/mol. The van der Waals surface area contributed by atoms with Crippen LogP contribution in [-0.2, 0) is 0 Å². The topological polar surface area (TPSA) is 63.3 Å². The molecule has 0 saturated carbocycles. The van der Waals surface area contributed by atoms with Crippen LogP contribution in [0.2, 0.25) is 0 Å². The van der Waals surface area contributed by atoms with Crippen molar-refractivity contribution in [1.29, 1.82) is 0 Å². The van der Waals surface area contributed by atoms with Crippen LogP contribution in [0, 0.1) is 13.8 Å². The van der Waals surface area contributed by atoms with Gasteiger partial charge in [-0.05, 0) is 41.4 Å². The quantitative estimate of drug-likeness (QED) is 0.922. The Morgan fingerprint density at radius 2 is 2.12 bits per heavy atom. The van der Waals surface area contributed by atoms with Crippen molar-refractivity contribution in [3.05, 3.63) is 39.5 Å². The van der Waals surface area contributed by atoms with Crippen LogP contribution in [0.25, 0.3) is 11.3 Å². The molecule has 0 aliphatic carbocycles. The molecule has 4 nitrogen and oxygen atoms in total. The lowest BCUT2D eigenvalue weighted by Crippen LogP contribution is -1.96. The highest BCUT2D eigenvalue weighted by Gasteiger charge is 2.21. The van der Waals surface area contributed by atoms with E-state index >= 15 is 0 Å². The molecule has 0 spiro atoms. The minimum atomic E-state index is -1.11. The number of hydrogen-bond donors (Lipinski definition) is 1. The monoisotopic (exact) mass is 295 g/mol. The second-order valence-corrected chi connectivity index (χ2v) is 4.59. The Kier molecular flexibility index (Phi) is 3.02. The van der Waals surface area contributed by atoms with Crippen LogP contribution < -0.4 is 0 Å². The molecule has 2 aromatic rings. The summed E-state index contributed by atoms with van der Waals surface area (Å²) in [4.78, 5) is 10.9. The summed E-state index contributed by atoms with van der Waals surface area (Å²) in [7, 11) is 0. The lowest BCUT2D eigenvalue weighted by molar-refractivity contribution is 0.0685. The number of halogens is 1. The highest BCUT2D eigenvalue weighted by molar-refractivity contribution is 9.10. The SMILES string of the molecule is Cc1ccc(C)c(-c2onc(C(=O)O)c2Br)c1. The molecule has 0 unspecified atom stereocenters. The van der Waals surface area contributed by atoms with E-state index in [1.165, 1.54) is 0 Å². The van der Waals surface area contributed by atoms with Gasteiger partial charge in [-0.25, -0.2) is 4.79 Å². The van der Waals surface area contributed by atoms with Crippen LogP contribution in [0.3, 0.4) is 0 Å². The van der Waals surface area contributed by atoms with E-state index in [1.807, 2.05) is 32.0 Å². The number of hydrogen-bond acceptors (Lipinski definition) is 3. The molecule has 0 amide bonds. The van der Waals surface area contributed by atoms with Crippen molar-refractivity contribution in [2.24, 2.45) is 0 Å². The van der Waals surface area contributed by atoms with E-state index in [0.29, 0.717) is 10.2 Å². The van der Waals surface area contributed by atoms with E-state index in [2.05, 4.69) is 21.1 Å². The van der Waals surface area contributed by atoms with Crippen LogP contribution in [0.5, 0.6) is 0 Å². The average Bonchev–Trinajstić information content (AvgIpc) is 2.64. The Hall–Kier alpha value is -1.62. The zero-order valence-corrected chi connectivity index (χ0v) is 10.9. The first-order valence-electron chi connectivity index (χ1n) is 4.97. The molecule has 0 saturated heterocycles. The number of carboxylic acids is 1. The van der Waals surface area contributed by atoms with Crippen LogP contribution in [0.4, 0.5) is 0 Å². The molecule has 0 radical (unpaired) electrons. The maximum Gasteiger partial charge on any atom is 0.359 e. The molecular formula is C12H10BrNO3. The molecule has 5 heteroatoms. The van der Waals surface area contributed by atoms with Crippen LogP contribution in [0.15, 0.2) is 27.2 Å². The maximum absolute atomic E-state index is 10.9. The summed E-state index contributed by atoms with van der Waals surface area (Å²) in [5.41, 5.74) is 2.81. The first-order valence-corrected chi connectivity index (χ1v) is 5.76. The van der Waals surface area contributed by atoms with Gasteiger partial charge in [-0.1, -0.05) is 22.9 Å². The highest BCUT2D eigenvalue weighted by atomic mass is 79.9. The molecule has 0 aliphatic rings. The van der Waals surface area contributed by atoms with E-state index in [-0.39, 0.29) is 5.69 Å². The van der Waals surface area contributed by atoms with E-state index < -0.39 is 5.97 Å². The van der Waals surface area contributed by atoms with Gasteiger partial charge in [-0.2, -0.15) is 0 Å². The summed E-state index contributed by atoms with van der Waals surface area (Å²) >= 11 is 3.21. The second-order valence-electron chi connectivity index (χ2n) is 3.80. The standard InChI is InChI=1S/C12H10BrNO3/c1-6-3-4-7(2)8(5-6)11-9(13)10(12(15)16)14-17-11/h3-5H,1-2H3,(H,15,16). The second kappa shape index (κ2) is 4.33. The van der Waals surface area contributed by atoms with Gasteiger partial charge >= 0.3 is 5.97 Å². The first-order chi connectivity index (χ1) is 8.00. The van der Waals surface area contributed by atoms with Crippen molar-refractivity contribution in [1.82, 2.24) is 5.16 Å². The molecule has 0 bridgehead atoms. The van der Waals surface area contributed by atoms with Crippen molar-refractivity contribution in [3.8, 4) is 11.3 Å². The number of rotatable bonds is 2. The van der Waals surface area contributed by atoms with Crippen molar-refractivity contribution < 1.29 is 14.4 Å². The average molecular weight is 296 g/mol. The summed E-state index contributed by atoms with van der Waals surface area (Å²) in [6, 6.07) is 5.88. The van der Waals surface area contributed by atoms with Crippen molar-refractivity contribution in [3.63, 3.8) is 0 Å². The number of nitrogens with zero attached hydrogens (tertiary/aromatic N) is 1. The van der Waals surface area contributed by atoms with Gasteiger partial charge in [0.25, 0.3) is 0 Å². The Labute approximate surface area is 106 Å². The molecule has 88 valence electrons. The summed E-state index contributed by atoms with van der Waals surface area (Å²) in [6.45, 7) is 3.90. The van der Waals surface area contributed by atoms with Crippen molar-refractivity contribution in [2.45, 2.75) is 13.8 Å². The van der Waals surface area contributed by atoms with Crippen LogP contribution >= 0.6 is 15.9 Å². The zero-order valence-electron chi connectivity index (χ0n) is 9.32. The summed E-state index contributed by atoms with van der Waals surface area (Å²) in [5.74, 6) is -0.666. The fourth-order valence-electron chi connectivity index (χ4n) is 1.56. The Bertz CT molecular complexity index is 589. The molecular weight excluding hydrogens is 286 g/mol. The summed E-state index contributed by atoms with van der Waals surface area (Å²) in [5, 5.41) is 12.4. The van der Waals surface area contributed by atoms with Gasteiger partial charge < -0.3 is 9.63 Å². The number of aromatic carboxylic acids is 1. The van der Waals surface area contributed by atoms with Gasteiger partial charge in [0.05, 0.1) is 0 Å². The van der Waals surface area contributed by atoms with Gasteiger partial charge in [0.15, 0.2) is 5.76 Å². The first kappa shape index (κ1) is 11.9. The van der Waals surface area contributed by atoms with Gasteiger partial charge in [-0.15, -0.1) is 0 Å². The largest absolute Gasteiger partial charge is 0.476 e. The zero-order chi connectivity index (χ0) is 12.6. The van der Waals surface area contributed by atoms with Gasteiger partial charge in [-0.3, -0.25) is 0 Å². The fraction of sp³-hybridized carbons (Fsp3) is 0.167. The van der Waals surface area contributed by atoms with E-state index in [4.69, 9.17) is 9.63 Å². The number of carboxylic acid groups (broad SMARTS) is 1. The molecule has 1 aromatic heterocycles. The highest BCUT2D eigenvalue weighted by Crippen LogP contribution is 2.33. The Morgan fingerprint density at radius 3 is 2.71 bits per heavy atom. The lowest BCUT2D eigenvalue weighted by Gasteiger charge is -2.03. The molecule has 0 aliphatic heterocycles. The third-order valence-electron chi connectivity index (χ3n) is 2.48. The third-order valence-corrected chi connectivity index (χ3v) is 3.21. The van der Waals surface area contributed by atoms with Gasteiger partial charge in [0.2, 0.25) is 5.69 Å². The molecule has 1 heterocycles. The minimum absolute atomic E-state index is 0.110. The lowest BCUT2D eigenvalue weighted by atomic mass is 10.0. The van der Waals surface area contributed by atoms with E-state index in [0.717, 1.165) is 16.7 Å². The molecule has 2 rings (SSSR count). The molecule has 0 fully saturated rings. The smallest absolute Gasteiger partial charge is 0.359 e.